The summed E-state index contributed by atoms with van der Waals surface area (Å²) in [5.74, 6) is 0.790. The number of halogens is 1. The lowest BCUT2D eigenvalue weighted by atomic mass is 9.96. The number of carbonyl (C=O) groups excluding carboxylic acids is 1. The Balaban J connectivity index is 1.61. The van der Waals surface area contributed by atoms with E-state index in [4.69, 9.17) is 16.7 Å². The van der Waals surface area contributed by atoms with Crippen LogP contribution < -0.4 is 10.6 Å². The number of nitrogens with zero attached hydrogens (tertiary/aromatic N) is 4. The first-order chi connectivity index (χ1) is 16.0. The SMILES string of the molecule is CC1=C(C(=O)Nc2ccccc2C)[C@@H](c2cccnc2)n2nc(-c3ccccc3Cl)nc2N1. The number of rotatable bonds is 4. The molecule has 0 aliphatic carbocycles. The highest BCUT2D eigenvalue weighted by Crippen LogP contribution is 2.37. The molecule has 2 N–H and O–H groups in total. The lowest BCUT2D eigenvalue weighted by molar-refractivity contribution is -0.113. The minimum atomic E-state index is -0.511. The normalized spacial score (nSPS) is 15.1. The maximum absolute atomic E-state index is 13.5. The predicted octanol–water partition coefficient (Wildman–Crippen LogP) is 5.23. The number of amides is 1. The molecular weight excluding hydrogens is 436 g/mol. The molecule has 0 saturated heterocycles. The summed E-state index contributed by atoms with van der Waals surface area (Å²) in [7, 11) is 0. The molecule has 4 aromatic rings. The van der Waals surface area contributed by atoms with Crippen LogP contribution in [-0.4, -0.2) is 25.7 Å². The smallest absolute Gasteiger partial charge is 0.255 e. The first-order valence-electron chi connectivity index (χ1n) is 10.5. The number of pyridine rings is 1. The largest absolute Gasteiger partial charge is 0.328 e. The Bertz CT molecular complexity index is 1380. The average Bonchev–Trinajstić information content (AvgIpc) is 3.23. The highest BCUT2D eigenvalue weighted by atomic mass is 35.5. The molecule has 0 bridgehead atoms. The first-order valence-corrected chi connectivity index (χ1v) is 10.9. The molecule has 5 rings (SSSR count). The Labute approximate surface area is 196 Å². The van der Waals surface area contributed by atoms with Gasteiger partial charge in [-0.2, -0.15) is 4.98 Å². The minimum absolute atomic E-state index is 0.219. The van der Waals surface area contributed by atoms with Gasteiger partial charge in [0.1, 0.15) is 6.04 Å². The molecule has 1 atom stereocenters. The summed E-state index contributed by atoms with van der Waals surface area (Å²) in [6.45, 7) is 3.82. The van der Waals surface area contributed by atoms with Crippen LogP contribution in [0.15, 0.2) is 84.3 Å². The average molecular weight is 457 g/mol. The van der Waals surface area contributed by atoms with Gasteiger partial charge in [0.15, 0.2) is 5.82 Å². The van der Waals surface area contributed by atoms with Crippen LogP contribution >= 0.6 is 11.6 Å². The summed E-state index contributed by atoms with van der Waals surface area (Å²) in [5, 5.41) is 11.6. The Morgan fingerprint density at radius 1 is 1.06 bits per heavy atom. The molecule has 1 aliphatic rings. The van der Waals surface area contributed by atoms with E-state index in [1.165, 1.54) is 0 Å². The zero-order valence-corrected chi connectivity index (χ0v) is 18.8. The monoisotopic (exact) mass is 456 g/mol. The summed E-state index contributed by atoms with van der Waals surface area (Å²) in [6.07, 6.45) is 3.44. The van der Waals surface area contributed by atoms with E-state index in [1.807, 2.05) is 68.4 Å². The zero-order valence-electron chi connectivity index (χ0n) is 18.1. The highest BCUT2D eigenvalue weighted by Gasteiger charge is 2.35. The lowest BCUT2D eigenvalue weighted by Crippen LogP contribution is -2.31. The fraction of sp³-hybridized carbons (Fsp3) is 0.120. The van der Waals surface area contributed by atoms with Crippen LogP contribution in [0.5, 0.6) is 0 Å². The second kappa shape index (κ2) is 8.52. The van der Waals surface area contributed by atoms with E-state index in [9.17, 15) is 4.79 Å². The molecule has 1 aliphatic heterocycles. The maximum atomic E-state index is 13.5. The quantitative estimate of drug-likeness (QED) is 0.439. The van der Waals surface area contributed by atoms with E-state index in [1.54, 1.807) is 23.1 Å². The van der Waals surface area contributed by atoms with E-state index < -0.39 is 6.04 Å². The van der Waals surface area contributed by atoms with Crippen molar-refractivity contribution in [2.45, 2.75) is 19.9 Å². The molecule has 164 valence electrons. The summed E-state index contributed by atoms with van der Waals surface area (Å²) in [6, 6.07) is 18.4. The van der Waals surface area contributed by atoms with Crippen molar-refractivity contribution in [2.24, 2.45) is 0 Å². The molecule has 0 saturated carbocycles. The second-order valence-corrected chi connectivity index (χ2v) is 8.21. The third kappa shape index (κ3) is 3.87. The van der Waals surface area contributed by atoms with Gasteiger partial charge in [0.05, 0.1) is 10.6 Å². The van der Waals surface area contributed by atoms with E-state index in [0.29, 0.717) is 28.1 Å². The maximum Gasteiger partial charge on any atom is 0.255 e. The Kier molecular flexibility index (Phi) is 5.40. The van der Waals surface area contributed by atoms with Gasteiger partial charge < -0.3 is 10.6 Å². The van der Waals surface area contributed by atoms with E-state index in [-0.39, 0.29) is 5.91 Å². The molecule has 7 nitrogen and oxygen atoms in total. The van der Waals surface area contributed by atoms with Crippen molar-refractivity contribution >= 4 is 29.1 Å². The molecule has 2 aromatic heterocycles. The van der Waals surface area contributed by atoms with Crippen molar-refractivity contribution in [3.05, 3.63) is 100 Å². The Morgan fingerprint density at radius 2 is 1.85 bits per heavy atom. The van der Waals surface area contributed by atoms with E-state index >= 15 is 0 Å². The number of benzene rings is 2. The van der Waals surface area contributed by atoms with Gasteiger partial charge in [0.25, 0.3) is 5.91 Å². The van der Waals surface area contributed by atoms with Crippen LogP contribution in [0.4, 0.5) is 11.6 Å². The molecule has 33 heavy (non-hydrogen) atoms. The van der Waals surface area contributed by atoms with Crippen LogP contribution in [-0.2, 0) is 4.79 Å². The van der Waals surface area contributed by atoms with Gasteiger partial charge in [0, 0.05) is 29.3 Å². The first kappa shape index (κ1) is 20.9. The van der Waals surface area contributed by atoms with Gasteiger partial charge in [0.2, 0.25) is 5.95 Å². The van der Waals surface area contributed by atoms with Gasteiger partial charge in [-0.15, -0.1) is 5.10 Å². The summed E-state index contributed by atoms with van der Waals surface area (Å²) in [5.41, 5.74) is 4.51. The Hall–Kier alpha value is -3.97. The number of fused-ring (bicyclic) bond motifs is 1. The minimum Gasteiger partial charge on any atom is -0.328 e. The number of allylic oxidation sites excluding steroid dienone is 1. The number of nitrogens with one attached hydrogen (secondary N) is 2. The summed E-state index contributed by atoms with van der Waals surface area (Å²) >= 11 is 6.39. The topological polar surface area (TPSA) is 84.7 Å². The van der Waals surface area contributed by atoms with Gasteiger partial charge in [-0.1, -0.05) is 48.0 Å². The van der Waals surface area contributed by atoms with Gasteiger partial charge in [-0.05, 0) is 49.2 Å². The molecule has 0 radical (unpaired) electrons. The molecule has 0 unspecified atom stereocenters. The van der Waals surface area contributed by atoms with E-state index in [0.717, 1.165) is 22.4 Å². The number of aromatic nitrogens is 4. The van der Waals surface area contributed by atoms with Crippen LogP contribution in [0.1, 0.15) is 24.1 Å². The third-order valence-electron chi connectivity index (χ3n) is 5.61. The van der Waals surface area contributed by atoms with Crippen molar-refractivity contribution < 1.29 is 4.79 Å². The van der Waals surface area contributed by atoms with Gasteiger partial charge in [-0.25, -0.2) is 4.68 Å². The molecule has 1 amide bonds. The number of aryl methyl sites for hydroxylation is 1. The predicted molar refractivity (Wildman–Crippen MR) is 129 cm³/mol. The summed E-state index contributed by atoms with van der Waals surface area (Å²) in [4.78, 5) is 22.5. The van der Waals surface area contributed by atoms with E-state index in [2.05, 4.69) is 20.6 Å². The number of hydrogen-bond acceptors (Lipinski definition) is 5. The molecule has 8 heteroatoms. The van der Waals surface area contributed by atoms with Crippen LogP contribution in [0, 0.1) is 6.92 Å². The van der Waals surface area contributed by atoms with Crippen molar-refractivity contribution in [1.29, 1.82) is 0 Å². The number of carbonyl (C=O) groups is 1. The molecule has 0 spiro atoms. The van der Waals surface area contributed by atoms with Crippen molar-refractivity contribution in [2.75, 3.05) is 10.6 Å². The van der Waals surface area contributed by atoms with Crippen LogP contribution in [0.3, 0.4) is 0 Å². The summed E-state index contributed by atoms with van der Waals surface area (Å²) < 4.78 is 1.72. The highest BCUT2D eigenvalue weighted by molar-refractivity contribution is 6.33. The molecule has 2 aromatic carbocycles. The second-order valence-electron chi connectivity index (χ2n) is 7.81. The zero-order chi connectivity index (χ0) is 22.9. The third-order valence-corrected chi connectivity index (χ3v) is 5.93. The Morgan fingerprint density at radius 3 is 2.61 bits per heavy atom. The fourth-order valence-corrected chi connectivity index (χ4v) is 4.17. The van der Waals surface area contributed by atoms with Crippen molar-refractivity contribution in [3.8, 4) is 11.4 Å². The number of anilines is 2. The van der Waals surface area contributed by atoms with Crippen molar-refractivity contribution in [1.82, 2.24) is 19.7 Å². The van der Waals surface area contributed by atoms with Gasteiger partial charge in [-0.3, -0.25) is 9.78 Å². The van der Waals surface area contributed by atoms with Gasteiger partial charge >= 0.3 is 0 Å². The fourth-order valence-electron chi connectivity index (χ4n) is 3.95. The number of para-hydroxylation sites is 1. The van der Waals surface area contributed by atoms with Crippen LogP contribution in [0.2, 0.25) is 5.02 Å². The molecular formula is C25H21ClN6O. The van der Waals surface area contributed by atoms with Crippen molar-refractivity contribution in [3.63, 3.8) is 0 Å². The number of hydrogen-bond donors (Lipinski definition) is 2. The van der Waals surface area contributed by atoms with Crippen LogP contribution in [0.25, 0.3) is 11.4 Å². The standard InChI is InChI=1S/C25H21ClN6O/c1-15-8-3-6-12-20(15)29-24(33)21-16(2)28-25-30-23(18-10-4-5-11-19(18)26)31-32(25)22(21)17-9-7-13-27-14-17/h3-14,22H,1-2H3,(H,29,33)(H,28,30,31)/t22-/m1/s1. The molecule has 0 fully saturated rings. The molecule has 3 heterocycles. The lowest BCUT2D eigenvalue weighted by Gasteiger charge is -2.28.